The predicted octanol–water partition coefficient (Wildman–Crippen LogP) is 2.02. The van der Waals surface area contributed by atoms with Gasteiger partial charge in [-0.05, 0) is 62.1 Å². The minimum Gasteiger partial charge on any atom is -0.507 e. The van der Waals surface area contributed by atoms with Crippen LogP contribution in [0.4, 0.5) is 4.39 Å². The number of aromatic hydroxyl groups is 1. The van der Waals surface area contributed by atoms with Crippen LogP contribution in [0, 0.1) is 5.82 Å². The molecule has 0 aromatic heterocycles. The van der Waals surface area contributed by atoms with E-state index in [0.29, 0.717) is 5.71 Å². The second-order valence-corrected chi connectivity index (χ2v) is 7.28. The van der Waals surface area contributed by atoms with Gasteiger partial charge in [-0.25, -0.2) is 9.82 Å². The fraction of sp³-hybridized carbons (Fsp3) is 0.364. The second kappa shape index (κ2) is 10.0. The number of carbonyl (C=O) groups is 1. The highest BCUT2D eigenvalue weighted by atomic mass is 19.1. The number of carbonyl (C=O) groups excluding carboxylic acids is 1. The number of ether oxygens (including phenoxy) is 1. The van der Waals surface area contributed by atoms with Gasteiger partial charge in [0, 0.05) is 5.56 Å². The molecular formula is C22H27FN3O3+. The van der Waals surface area contributed by atoms with Crippen LogP contribution in [-0.4, -0.2) is 36.4 Å². The van der Waals surface area contributed by atoms with Gasteiger partial charge in [0.1, 0.15) is 12.3 Å². The Hall–Kier alpha value is -2.93. The Balaban J connectivity index is 1.58. The van der Waals surface area contributed by atoms with Crippen molar-refractivity contribution in [1.29, 1.82) is 0 Å². The molecule has 0 radical (unpaired) electrons. The van der Waals surface area contributed by atoms with Crippen LogP contribution in [-0.2, 0) is 11.3 Å². The first-order chi connectivity index (χ1) is 14.0. The summed E-state index contributed by atoms with van der Waals surface area (Å²) < 4.78 is 18.7. The maximum Gasteiger partial charge on any atom is 0.277 e. The van der Waals surface area contributed by atoms with Crippen molar-refractivity contribution in [1.82, 2.24) is 5.43 Å². The highest BCUT2D eigenvalue weighted by Crippen LogP contribution is 2.19. The van der Waals surface area contributed by atoms with Crippen molar-refractivity contribution in [3.8, 4) is 11.5 Å². The standard InChI is InChI=1S/C22H26FN3O3/c1-16(24-25-22(28)15-29-21-8-4-3-7-19(21)23)17-9-10-20(27)18(13-17)14-26-11-5-2-6-12-26/h3-4,7-10,13,27H,2,5-6,11-12,14-15H2,1H3,(H,25,28)/p+1/b24-16+. The normalized spacial score (nSPS) is 15.2. The Kier molecular flexibility index (Phi) is 7.19. The summed E-state index contributed by atoms with van der Waals surface area (Å²) >= 11 is 0. The van der Waals surface area contributed by atoms with Crippen molar-refractivity contribution in [3.05, 3.63) is 59.4 Å². The summed E-state index contributed by atoms with van der Waals surface area (Å²) in [6.45, 7) is 4.46. The van der Waals surface area contributed by atoms with E-state index in [1.165, 1.54) is 36.3 Å². The molecule has 2 aromatic rings. The number of hydrazone groups is 1. The van der Waals surface area contributed by atoms with Crippen LogP contribution in [0.5, 0.6) is 11.5 Å². The Labute approximate surface area is 170 Å². The molecule has 1 aliphatic heterocycles. The van der Waals surface area contributed by atoms with E-state index in [4.69, 9.17) is 4.74 Å². The third kappa shape index (κ3) is 6.02. The zero-order valence-electron chi connectivity index (χ0n) is 16.6. The number of piperidine rings is 1. The first kappa shape index (κ1) is 20.8. The van der Waals surface area contributed by atoms with Crippen molar-refractivity contribution in [2.24, 2.45) is 5.10 Å². The number of hydrogen-bond acceptors (Lipinski definition) is 4. The minimum atomic E-state index is -0.521. The Morgan fingerprint density at radius 2 is 1.97 bits per heavy atom. The highest BCUT2D eigenvalue weighted by molar-refractivity contribution is 5.99. The molecule has 0 saturated carbocycles. The Bertz CT molecular complexity index is 879. The van der Waals surface area contributed by atoms with Gasteiger partial charge in [0.25, 0.3) is 5.91 Å². The molecule has 3 rings (SSSR count). The number of halogens is 1. The van der Waals surface area contributed by atoms with Gasteiger partial charge in [-0.2, -0.15) is 5.10 Å². The van der Waals surface area contributed by atoms with Crippen LogP contribution in [0.15, 0.2) is 47.6 Å². The molecule has 1 heterocycles. The summed E-state index contributed by atoms with van der Waals surface area (Å²) in [5.74, 6) is -0.703. The fourth-order valence-electron chi connectivity index (χ4n) is 3.40. The van der Waals surface area contributed by atoms with E-state index in [-0.39, 0.29) is 18.1 Å². The molecule has 0 atom stereocenters. The number of hydrogen-bond donors (Lipinski definition) is 3. The van der Waals surface area contributed by atoms with Gasteiger partial charge >= 0.3 is 0 Å². The number of rotatable bonds is 7. The van der Waals surface area contributed by atoms with Crippen molar-refractivity contribution in [2.45, 2.75) is 32.7 Å². The number of likely N-dealkylation sites (tertiary alicyclic amines) is 1. The minimum absolute atomic E-state index is 0.0201. The number of phenolic OH excluding ortho intramolecular Hbond substituents is 1. The number of nitrogens with zero attached hydrogens (tertiary/aromatic N) is 1. The summed E-state index contributed by atoms with van der Waals surface area (Å²) in [5.41, 5.74) is 4.73. The molecule has 0 spiro atoms. The molecule has 0 unspecified atom stereocenters. The number of para-hydroxylation sites is 1. The van der Waals surface area contributed by atoms with Crippen LogP contribution in [0.3, 0.4) is 0 Å². The lowest BCUT2D eigenvalue weighted by Gasteiger charge is -2.24. The van der Waals surface area contributed by atoms with Gasteiger partial charge in [-0.15, -0.1) is 0 Å². The molecule has 1 aliphatic rings. The number of benzene rings is 2. The second-order valence-electron chi connectivity index (χ2n) is 7.28. The average Bonchev–Trinajstić information content (AvgIpc) is 2.73. The SMILES string of the molecule is C/C(=N\NC(=O)COc1ccccc1F)c1ccc(O)c(C[NH+]2CCCCC2)c1. The highest BCUT2D eigenvalue weighted by Gasteiger charge is 2.16. The van der Waals surface area contributed by atoms with Crippen LogP contribution in [0.1, 0.15) is 37.3 Å². The molecule has 7 heteroatoms. The average molecular weight is 400 g/mol. The molecule has 154 valence electrons. The van der Waals surface area contributed by atoms with Crippen molar-refractivity contribution in [3.63, 3.8) is 0 Å². The summed E-state index contributed by atoms with van der Waals surface area (Å²) in [7, 11) is 0. The van der Waals surface area contributed by atoms with Gasteiger partial charge in [-0.1, -0.05) is 12.1 Å². The van der Waals surface area contributed by atoms with Crippen molar-refractivity contribution >= 4 is 11.6 Å². The van der Waals surface area contributed by atoms with E-state index < -0.39 is 11.7 Å². The molecule has 1 saturated heterocycles. The predicted molar refractivity (Wildman–Crippen MR) is 109 cm³/mol. The van der Waals surface area contributed by atoms with Gasteiger partial charge in [0.05, 0.1) is 18.8 Å². The quantitative estimate of drug-likeness (QED) is 0.492. The molecule has 0 aliphatic carbocycles. The molecule has 0 bridgehead atoms. The number of phenols is 1. The molecule has 6 nitrogen and oxygen atoms in total. The number of amides is 1. The molecule has 29 heavy (non-hydrogen) atoms. The zero-order chi connectivity index (χ0) is 20.6. The first-order valence-corrected chi connectivity index (χ1v) is 9.89. The van der Waals surface area contributed by atoms with Gasteiger partial charge < -0.3 is 14.7 Å². The molecule has 1 amide bonds. The molecular weight excluding hydrogens is 373 g/mol. The largest absolute Gasteiger partial charge is 0.507 e. The number of quaternary nitrogens is 1. The lowest BCUT2D eigenvalue weighted by Crippen LogP contribution is -3.11. The third-order valence-corrected chi connectivity index (χ3v) is 5.04. The monoisotopic (exact) mass is 400 g/mol. The summed E-state index contributed by atoms with van der Waals surface area (Å²) in [4.78, 5) is 13.4. The van der Waals surface area contributed by atoms with E-state index in [1.807, 2.05) is 6.07 Å². The summed E-state index contributed by atoms with van der Waals surface area (Å²) in [6, 6.07) is 11.3. The first-order valence-electron chi connectivity index (χ1n) is 9.89. The lowest BCUT2D eigenvalue weighted by molar-refractivity contribution is -0.918. The lowest BCUT2D eigenvalue weighted by atomic mass is 10.0. The van der Waals surface area contributed by atoms with E-state index >= 15 is 0 Å². The summed E-state index contributed by atoms with van der Waals surface area (Å²) in [6.07, 6.45) is 3.72. The van der Waals surface area contributed by atoms with E-state index in [1.54, 1.807) is 31.2 Å². The Morgan fingerprint density at radius 1 is 1.21 bits per heavy atom. The molecule has 2 aromatic carbocycles. The smallest absolute Gasteiger partial charge is 0.277 e. The zero-order valence-corrected chi connectivity index (χ0v) is 16.6. The molecule has 1 fully saturated rings. The maximum absolute atomic E-state index is 13.5. The third-order valence-electron chi connectivity index (χ3n) is 5.04. The van der Waals surface area contributed by atoms with Gasteiger partial charge in [-0.3, -0.25) is 4.79 Å². The van der Waals surface area contributed by atoms with E-state index in [0.717, 1.165) is 30.8 Å². The Morgan fingerprint density at radius 3 is 2.72 bits per heavy atom. The maximum atomic E-state index is 13.5. The van der Waals surface area contributed by atoms with Gasteiger partial charge in [0.15, 0.2) is 18.2 Å². The summed E-state index contributed by atoms with van der Waals surface area (Å²) in [5, 5.41) is 14.3. The van der Waals surface area contributed by atoms with Crippen LogP contribution < -0.4 is 15.1 Å². The topological polar surface area (TPSA) is 75.4 Å². The van der Waals surface area contributed by atoms with Crippen molar-refractivity contribution in [2.75, 3.05) is 19.7 Å². The van der Waals surface area contributed by atoms with Gasteiger partial charge in [0.2, 0.25) is 0 Å². The fourth-order valence-corrected chi connectivity index (χ4v) is 3.40. The van der Waals surface area contributed by atoms with Crippen LogP contribution in [0.25, 0.3) is 0 Å². The molecule has 3 N–H and O–H groups in total. The van der Waals surface area contributed by atoms with Crippen LogP contribution >= 0.6 is 0 Å². The number of nitrogens with one attached hydrogen (secondary N) is 2. The van der Waals surface area contributed by atoms with Crippen LogP contribution in [0.2, 0.25) is 0 Å². The van der Waals surface area contributed by atoms with Crippen molar-refractivity contribution < 1.29 is 23.9 Å². The van der Waals surface area contributed by atoms with E-state index in [2.05, 4.69) is 10.5 Å². The van der Waals surface area contributed by atoms with E-state index in [9.17, 15) is 14.3 Å².